The van der Waals surface area contributed by atoms with Crippen molar-refractivity contribution in [2.75, 3.05) is 14.1 Å². The van der Waals surface area contributed by atoms with Gasteiger partial charge in [-0.2, -0.15) is 0 Å². The summed E-state index contributed by atoms with van der Waals surface area (Å²) in [5, 5.41) is 0. The van der Waals surface area contributed by atoms with Crippen LogP contribution in [-0.4, -0.2) is 36.8 Å². The fourth-order valence-electron chi connectivity index (χ4n) is 7.85. The van der Waals surface area contributed by atoms with Gasteiger partial charge < -0.3 is 18.5 Å². The predicted molar refractivity (Wildman–Crippen MR) is 192 cm³/mol. The van der Waals surface area contributed by atoms with Gasteiger partial charge in [-0.3, -0.25) is 0 Å². The van der Waals surface area contributed by atoms with E-state index in [4.69, 9.17) is 18.5 Å². The van der Waals surface area contributed by atoms with Crippen LogP contribution in [0.15, 0.2) is 72.8 Å². The van der Waals surface area contributed by atoms with E-state index in [0.29, 0.717) is 0 Å². The molecule has 47 heavy (non-hydrogen) atoms. The van der Waals surface area contributed by atoms with E-state index in [0.717, 1.165) is 66.8 Å². The van der Waals surface area contributed by atoms with Crippen molar-refractivity contribution in [2.45, 2.75) is 98.4 Å². The zero-order valence-electron chi connectivity index (χ0n) is 30.1. The minimum Gasteiger partial charge on any atom is -0.341 e. The Morgan fingerprint density at radius 2 is 0.681 bits per heavy atom. The molecule has 2 aliphatic heterocycles. The normalized spacial score (nSPS) is 23.0. The first-order valence-electron chi connectivity index (χ1n) is 16.6. The van der Waals surface area contributed by atoms with E-state index in [2.05, 4.69) is 133 Å². The zero-order valence-corrected chi connectivity index (χ0v) is 31.0. The minimum absolute atomic E-state index is 0.589. The third-order valence-corrected chi connectivity index (χ3v) is 10.8. The molecule has 0 amide bonds. The molecule has 0 aliphatic carbocycles. The van der Waals surface area contributed by atoms with E-state index in [1.165, 1.54) is 0 Å². The molecule has 2 heterocycles. The van der Waals surface area contributed by atoms with Gasteiger partial charge in [-0.25, -0.2) is 4.67 Å². The molecular weight excluding hydrogens is 601 g/mol. The molecule has 0 aromatic heterocycles. The van der Waals surface area contributed by atoms with Crippen LogP contribution < -0.4 is 0 Å². The number of hydrogen-bond acceptors (Lipinski definition) is 5. The maximum Gasteiger partial charge on any atom is 0.260 e. The van der Waals surface area contributed by atoms with Gasteiger partial charge in [-0.05, 0) is 106 Å². The number of nitrogens with zero attached hydrogens (tertiary/aromatic N) is 1. The second kappa shape index (κ2) is 12.2. The minimum atomic E-state index is -1.69. The first kappa shape index (κ1) is 34.0. The number of aryl methyl sites for hydroxylation is 8. The average molecular weight is 652 g/mol. The second-order valence-electron chi connectivity index (χ2n) is 14.7. The van der Waals surface area contributed by atoms with Crippen molar-refractivity contribution in [1.82, 2.24) is 4.67 Å². The van der Waals surface area contributed by atoms with Crippen LogP contribution in [0.1, 0.15) is 80.6 Å². The van der Waals surface area contributed by atoms with Crippen LogP contribution in [0.4, 0.5) is 0 Å². The van der Waals surface area contributed by atoms with E-state index in [9.17, 15) is 0 Å². The van der Waals surface area contributed by atoms with Crippen LogP contribution >= 0.6 is 8.53 Å². The van der Waals surface area contributed by atoms with Crippen molar-refractivity contribution in [3.8, 4) is 0 Å². The number of fused-ring (bicyclic) bond motifs is 1. The van der Waals surface area contributed by atoms with Gasteiger partial charge in [0.25, 0.3) is 8.53 Å². The SMILES string of the molecule is Cc1cc(C)cc(C2(c3cc(C)cc(C)c3)OP(N(C)C)OC(c3cc(C)cc(C)c3)(c3cc(C)cc(C)c3)C3OC(C)(C)OC32)c1. The topological polar surface area (TPSA) is 40.2 Å². The Hall–Kier alpha value is -2.89. The monoisotopic (exact) mass is 651 g/mol. The molecule has 248 valence electrons. The lowest BCUT2D eigenvalue weighted by atomic mass is 9.70. The third kappa shape index (κ3) is 6.12. The average Bonchev–Trinajstić information content (AvgIpc) is 3.20. The number of benzene rings is 4. The summed E-state index contributed by atoms with van der Waals surface area (Å²) < 4.78 is 31.8. The molecular formula is C41H50NO4P. The molecule has 2 unspecified atom stereocenters. The summed E-state index contributed by atoms with van der Waals surface area (Å²) in [7, 11) is 2.40. The van der Waals surface area contributed by atoms with Crippen molar-refractivity contribution < 1.29 is 18.5 Å². The summed E-state index contributed by atoms with van der Waals surface area (Å²) in [5.41, 5.74) is 11.3. The molecule has 2 atom stereocenters. The van der Waals surface area contributed by atoms with Crippen LogP contribution in [0.25, 0.3) is 0 Å². The molecule has 4 aromatic carbocycles. The molecule has 6 rings (SSSR count). The van der Waals surface area contributed by atoms with Gasteiger partial charge in [0.2, 0.25) is 0 Å². The lowest BCUT2D eigenvalue weighted by molar-refractivity contribution is -0.175. The van der Waals surface area contributed by atoms with Gasteiger partial charge in [-0.1, -0.05) is 117 Å². The van der Waals surface area contributed by atoms with Crippen LogP contribution in [0.3, 0.4) is 0 Å². The summed E-state index contributed by atoms with van der Waals surface area (Å²) >= 11 is 0. The zero-order chi connectivity index (χ0) is 34.1. The Balaban J connectivity index is 1.80. The van der Waals surface area contributed by atoms with Gasteiger partial charge in [-0.15, -0.1) is 0 Å². The third-order valence-electron chi connectivity index (χ3n) is 9.27. The van der Waals surface area contributed by atoms with Crippen LogP contribution in [-0.2, 0) is 29.7 Å². The standard InChI is InChI=1S/C41H50NO4P/c1-25-13-26(2)18-33(17-25)40(34-19-27(3)14-28(4)20-34)37-38(44-39(9,10)43-37)41(46-47(45-40)42(11)12,35-21-29(5)15-30(6)22-35)36-23-31(7)16-32(8)24-36/h13-24,37-38H,1-12H3. The van der Waals surface area contributed by atoms with Crippen molar-refractivity contribution in [2.24, 2.45) is 0 Å². The highest BCUT2D eigenvalue weighted by Gasteiger charge is 2.67. The van der Waals surface area contributed by atoms with E-state index < -0.39 is 37.7 Å². The molecule has 0 saturated carbocycles. The Labute approximate surface area is 283 Å². The molecule has 2 fully saturated rings. The van der Waals surface area contributed by atoms with Crippen molar-refractivity contribution in [3.05, 3.63) is 140 Å². The Bertz CT molecular complexity index is 1520. The van der Waals surface area contributed by atoms with Gasteiger partial charge >= 0.3 is 0 Å². The maximum absolute atomic E-state index is 7.64. The van der Waals surface area contributed by atoms with Gasteiger partial charge in [0, 0.05) is 0 Å². The quantitative estimate of drug-likeness (QED) is 0.201. The lowest BCUT2D eigenvalue weighted by Gasteiger charge is -2.42. The molecule has 6 heteroatoms. The van der Waals surface area contributed by atoms with E-state index in [1.54, 1.807) is 0 Å². The molecule has 0 bridgehead atoms. The summed E-state index contributed by atoms with van der Waals surface area (Å²) in [6.45, 7) is 21.2. The van der Waals surface area contributed by atoms with E-state index >= 15 is 0 Å². The van der Waals surface area contributed by atoms with E-state index in [-0.39, 0.29) is 0 Å². The first-order valence-corrected chi connectivity index (χ1v) is 17.7. The number of rotatable bonds is 5. The van der Waals surface area contributed by atoms with E-state index in [1.807, 2.05) is 27.9 Å². The Kier molecular flexibility index (Phi) is 8.83. The molecule has 4 aromatic rings. The van der Waals surface area contributed by atoms with Crippen molar-refractivity contribution >= 4 is 8.53 Å². The van der Waals surface area contributed by atoms with Crippen LogP contribution in [0.2, 0.25) is 0 Å². The van der Waals surface area contributed by atoms with Gasteiger partial charge in [0.1, 0.15) is 12.2 Å². The smallest absolute Gasteiger partial charge is 0.260 e. The summed E-state index contributed by atoms with van der Waals surface area (Å²) in [4.78, 5) is 0. The molecule has 5 nitrogen and oxygen atoms in total. The highest BCUT2D eigenvalue weighted by Crippen LogP contribution is 2.65. The van der Waals surface area contributed by atoms with Crippen molar-refractivity contribution in [3.63, 3.8) is 0 Å². The fraction of sp³-hybridized carbons (Fsp3) is 0.415. The van der Waals surface area contributed by atoms with Gasteiger partial charge in [0.15, 0.2) is 17.0 Å². The summed E-state index contributed by atoms with van der Waals surface area (Å²) in [6, 6.07) is 26.8. The van der Waals surface area contributed by atoms with Crippen LogP contribution in [0, 0.1) is 55.4 Å². The second-order valence-corrected chi connectivity index (χ2v) is 16.4. The molecule has 0 spiro atoms. The Morgan fingerprint density at radius 1 is 0.447 bits per heavy atom. The van der Waals surface area contributed by atoms with Gasteiger partial charge in [0.05, 0.1) is 0 Å². The number of ether oxygens (including phenoxy) is 2. The first-order chi connectivity index (χ1) is 22.0. The molecule has 0 radical (unpaired) electrons. The summed E-state index contributed by atoms with van der Waals surface area (Å²) in [5.74, 6) is -0.924. The Morgan fingerprint density at radius 3 is 0.894 bits per heavy atom. The molecule has 2 saturated heterocycles. The number of hydrogen-bond donors (Lipinski definition) is 0. The largest absolute Gasteiger partial charge is 0.341 e. The predicted octanol–water partition coefficient (Wildman–Crippen LogP) is 9.70. The molecule has 0 N–H and O–H groups in total. The van der Waals surface area contributed by atoms with Crippen LogP contribution in [0.5, 0.6) is 0 Å². The lowest BCUT2D eigenvalue weighted by Crippen LogP contribution is -2.53. The summed E-state index contributed by atoms with van der Waals surface area (Å²) in [6.07, 6.45) is -1.18. The molecule has 2 aliphatic rings. The highest BCUT2D eigenvalue weighted by molar-refractivity contribution is 7.44. The maximum atomic E-state index is 7.64. The van der Waals surface area contributed by atoms with Crippen molar-refractivity contribution in [1.29, 1.82) is 0 Å². The fourth-order valence-corrected chi connectivity index (χ4v) is 9.33. The highest BCUT2D eigenvalue weighted by atomic mass is 31.2.